The Balaban J connectivity index is 2.11. The molecular weight excluding hydrogens is 390 g/mol. The molecule has 30 heavy (non-hydrogen) atoms. The van der Waals surface area contributed by atoms with E-state index >= 15 is 0 Å². The molecule has 2 atom stereocenters. The van der Waals surface area contributed by atoms with Gasteiger partial charge in [0.15, 0.2) is 5.78 Å². The minimum absolute atomic E-state index is 0.00240. The van der Waals surface area contributed by atoms with Crippen molar-refractivity contribution < 1.29 is 29.0 Å². The molecule has 0 aliphatic carbocycles. The summed E-state index contributed by atoms with van der Waals surface area (Å²) in [6, 6.07) is 4.36. The SMILES string of the molecule is COc1cccc2[nH]cc(C[C@H](O)C(=O)N[C@@H](CCC(=O)C=N)C(=O)OC(C)C)c12. The van der Waals surface area contributed by atoms with Crippen LogP contribution in [0.5, 0.6) is 5.75 Å². The highest BCUT2D eigenvalue weighted by Crippen LogP contribution is 2.29. The molecule has 2 rings (SSSR count). The zero-order chi connectivity index (χ0) is 22.3. The smallest absolute Gasteiger partial charge is 0.328 e. The molecule has 1 aromatic heterocycles. The molecule has 4 N–H and O–H groups in total. The summed E-state index contributed by atoms with van der Waals surface area (Å²) in [6.07, 6.45) is 0.386. The van der Waals surface area contributed by atoms with Crippen LogP contribution in [0.4, 0.5) is 0 Å². The third-order valence-electron chi connectivity index (χ3n) is 4.48. The Morgan fingerprint density at radius 2 is 2.03 bits per heavy atom. The molecule has 9 nitrogen and oxygen atoms in total. The number of aromatic nitrogens is 1. The second kappa shape index (κ2) is 10.5. The standard InChI is InChI=1S/C21H27N3O6/c1-12(2)30-21(28)16(8-7-14(25)10-22)24-20(27)17(26)9-13-11-23-15-5-4-6-18(29-3)19(13)15/h4-6,10-12,16-17,22-23,26H,7-9H2,1-3H3,(H,24,27)/t16-,17-/m0/s1. The second-order valence-corrected chi connectivity index (χ2v) is 7.11. The number of rotatable bonds is 11. The van der Waals surface area contributed by atoms with Crippen LogP contribution in [-0.4, -0.2) is 59.3 Å². The van der Waals surface area contributed by atoms with Crippen molar-refractivity contribution in [3.05, 3.63) is 30.0 Å². The molecule has 2 aromatic rings. The molecule has 1 heterocycles. The highest BCUT2D eigenvalue weighted by Gasteiger charge is 2.27. The maximum absolute atomic E-state index is 12.5. The van der Waals surface area contributed by atoms with Gasteiger partial charge in [-0.2, -0.15) is 0 Å². The number of carbonyl (C=O) groups is 3. The van der Waals surface area contributed by atoms with Gasteiger partial charge < -0.3 is 30.3 Å². The van der Waals surface area contributed by atoms with E-state index in [1.165, 1.54) is 7.11 Å². The molecule has 1 aromatic carbocycles. The van der Waals surface area contributed by atoms with Crippen molar-refractivity contribution in [3.63, 3.8) is 0 Å². The molecule has 0 saturated carbocycles. The number of esters is 1. The zero-order valence-electron chi connectivity index (χ0n) is 17.2. The van der Waals surface area contributed by atoms with Crippen LogP contribution in [0.2, 0.25) is 0 Å². The number of Topliss-reactive ketones (excluding diaryl/α,β-unsaturated/α-hetero) is 1. The third kappa shape index (κ3) is 5.90. The molecular formula is C21H27N3O6. The van der Waals surface area contributed by atoms with Crippen molar-refractivity contribution in [1.82, 2.24) is 10.3 Å². The Morgan fingerprint density at radius 3 is 2.67 bits per heavy atom. The van der Waals surface area contributed by atoms with Crippen molar-refractivity contribution in [2.75, 3.05) is 7.11 Å². The highest BCUT2D eigenvalue weighted by atomic mass is 16.5. The minimum atomic E-state index is -1.43. The first-order valence-corrected chi connectivity index (χ1v) is 9.62. The number of methoxy groups -OCH3 is 1. The quantitative estimate of drug-likeness (QED) is 0.323. The van der Waals surface area contributed by atoms with E-state index in [0.29, 0.717) is 17.5 Å². The van der Waals surface area contributed by atoms with Gasteiger partial charge in [0.05, 0.1) is 19.4 Å². The van der Waals surface area contributed by atoms with Gasteiger partial charge in [-0.3, -0.25) is 9.59 Å². The van der Waals surface area contributed by atoms with Crippen LogP contribution in [-0.2, 0) is 25.5 Å². The van der Waals surface area contributed by atoms with E-state index in [-0.39, 0.29) is 19.3 Å². The number of carbonyl (C=O) groups excluding carboxylic acids is 3. The van der Waals surface area contributed by atoms with Crippen molar-refractivity contribution in [2.45, 2.75) is 51.4 Å². The lowest BCUT2D eigenvalue weighted by atomic mass is 10.0. The molecule has 9 heteroatoms. The summed E-state index contributed by atoms with van der Waals surface area (Å²) in [7, 11) is 1.54. The van der Waals surface area contributed by atoms with Crippen molar-refractivity contribution >= 4 is 34.8 Å². The first-order valence-electron chi connectivity index (χ1n) is 9.62. The zero-order valence-corrected chi connectivity index (χ0v) is 17.2. The van der Waals surface area contributed by atoms with E-state index < -0.39 is 35.9 Å². The van der Waals surface area contributed by atoms with Crippen molar-refractivity contribution in [2.24, 2.45) is 0 Å². The van der Waals surface area contributed by atoms with E-state index in [4.69, 9.17) is 14.9 Å². The second-order valence-electron chi connectivity index (χ2n) is 7.11. The van der Waals surface area contributed by atoms with E-state index in [9.17, 15) is 19.5 Å². The highest BCUT2D eigenvalue weighted by molar-refractivity contribution is 6.26. The summed E-state index contributed by atoms with van der Waals surface area (Å²) in [5, 5.41) is 20.6. The number of aromatic amines is 1. The summed E-state index contributed by atoms with van der Waals surface area (Å²) < 4.78 is 10.5. The van der Waals surface area contributed by atoms with Gasteiger partial charge >= 0.3 is 5.97 Å². The van der Waals surface area contributed by atoms with Crippen LogP contribution in [0.15, 0.2) is 24.4 Å². The number of H-pyrrole nitrogens is 1. The van der Waals surface area contributed by atoms with Gasteiger partial charge in [0.1, 0.15) is 17.9 Å². The Morgan fingerprint density at radius 1 is 1.30 bits per heavy atom. The number of ketones is 1. The Bertz CT molecular complexity index is 921. The Hall–Kier alpha value is -3.20. The monoisotopic (exact) mass is 417 g/mol. The number of benzene rings is 1. The number of amides is 1. The summed E-state index contributed by atoms with van der Waals surface area (Å²) in [5.74, 6) is -1.32. The number of hydrogen-bond donors (Lipinski definition) is 4. The summed E-state index contributed by atoms with van der Waals surface area (Å²) in [4.78, 5) is 39.3. The summed E-state index contributed by atoms with van der Waals surface area (Å²) in [6.45, 7) is 3.33. The lowest BCUT2D eigenvalue weighted by Gasteiger charge is -2.20. The van der Waals surface area contributed by atoms with Gasteiger partial charge in [-0.1, -0.05) is 6.07 Å². The van der Waals surface area contributed by atoms with Crippen LogP contribution >= 0.6 is 0 Å². The predicted molar refractivity (Wildman–Crippen MR) is 111 cm³/mol. The molecule has 0 radical (unpaired) electrons. The normalized spacial score (nSPS) is 13.0. The first kappa shape index (κ1) is 23.1. The van der Waals surface area contributed by atoms with Crippen molar-refractivity contribution in [3.8, 4) is 5.75 Å². The van der Waals surface area contributed by atoms with Gasteiger partial charge in [0.25, 0.3) is 0 Å². The molecule has 0 unspecified atom stereocenters. The average Bonchev–Trinajstić information content (AvgIpc) is 3.12. The fourth-order valence-corrected chi connectivity index (χ4v) is 3.04. The fourth-order valence-electron chi connectivity index (χ4n) is 3.04. The number of fused-ring (bicyclic) bond motifs is 1. The predicted octanol–water partition coefficient (Wildman–Crippen LogP) is 1.52. The number of aliphatic hydroxyl groups excluding tert-OH is 1. The number of hydrogen-bond acceptors (Lipinski definition) is 7. The lowest BCUT2D eigenvalue weighted by Crippen LogP contribution is -2.47. The summed E-state index contributed by atoms with van der Waals surface area (Å²) >= 11 is 0. The minimum Gasteiger partial charge on any atom is -0.496 e. The largest absolute Gasteiger partial charge is 0.496 e. The Kier molecular flexibility index (Phi) is 8.11. The van der Waals surface area contributed by atoms with E-state index in [2.05, 4.69) is 10.3 Å². The van der Waals surface area contributed by atoms with E-state index in [1.807, 2.05) is 12.1 Å². The van der Waals surface area contributed by atoms with Crippen LogP contribution in [0.3, 0.4) is 0 Å². The lowest BCUT2D eigenvalue weighted by molar-refractivity contribution is -0.152. The van der Waals surface area contributed by atoms with E-state index in [0.717, 1.165) is 10.9 Å². The van der Waals surface area contributed by atoms with Crippen molar-refractivity contribution in [1.29, 1.82) is 5.41 Å². The van der Waals surface area contributed by atoms with E-state index in [1.54, 1.807) is 26.1 Å². The van der Waals surface area contributed by atoms with Crippen LogP contribution in [0, 0.1) is 5.41 Å². The third-order valence-corrected chi connectivity index (χ3v) is 4.48. The number of aliphatic hydroxyl groups is 1. The molecule has 0 saturated heterocycles. The summed E-state index contributed by atoms with van der Waals surface area (Å²) in [5.41, 5.74) is 1.49. The van der Waals surface area contributed by atoms with Gasteiger partial charge in [-0.25, -0.2) is 4.79 Å². The van der Waals surface area contributed by atoms with Gasteiger partial charge in [-0.05, 0) is 38.0 Å². The molecule has 0 spiro atoms. The molecule has 1 amide bonds. The first-order chi connectivity index (χ1) is 14.3. The Labute approximate surface area is 174 Å². The topological polar surface area (TPSA) is 142 Å². The van der Waals surface area contributed by atoms with Crippen LogP contribution < -0.4 is 10.1 Å². The van der Waals surface area contributed by atoms with Gasteiger partial charge in [0, 0.05) is 29.9 Å². The average molecular weight is 417 g/mol. The maximum Gasteiger partial charge on any atom is 0.328 e. The van der Waals surface area contributed by atoms with Crippen LogP contribution in [0.1, 0.15) is 32.3 Å². The number of nitrogens with one attached hydrogen (secondary N) is 3. The van der Waals surface area contributed by atoms with Gasteiger partial charge in [0.2, 0.25) is 5.91 Å². The van der Waals surface area contributed by atoms with Crippen LogP contribution in [0.25, 0.3) is 10.9 Å². The van der Waals surface area contributed by atoms with Gasteiger partial charge in [-0.15, -0.1) is 0 Å². The molecule has 0 fully saturated rings. The number of ether oxygens (including phenoxy) is 2. The molecule has 0 bridgehead atoms. The fraction of sp³-hybridized carbons (Fsp3) is 0.429. The molecule has 162 valence electrons. The maximum atomic E-state index is 12.5. The molecule has 0 aliphatic rings. The molecule has 0 aliphatic heterocycles.